The second-order valence-electron chi connectivity index (χ2n) is 5.52. The summed E-state index contributed by atoms with van der Waals surface area (Å²) in [7, 11) is 0. The van der Waals surface area contributed by atoms with Crippen LogP contribution in [0.3, 0.4) is 0 Å². The molecule has 2 rings (SSSR count). The van der Waals surface area contributed by atoms with Gasteiger partial charge in [0.25, 0.3) is 0 Å². The molecular weight excluding hydrogens is 333 g/mol. The molecule has 0 aliphatic heterocycles. The molecule has 23 heavy (non-hydrogen) atoms. The van der Waals surface area contributed by atoms with E-state index < -0.39 is 0 Å². The summed E-state index contributed by atoms with van der Waals surface area (Å²) in [5, 5.41) is 20.5. The van der Waals surface area contributed by atoms with Gasteiger partial charge in [0.2, 0.25) is 0 Å². The molecule has 2 aromatic carbocycles. The van der Waals surface area contributed by atoms with Crippen LogP contribution in [0.5, 0.6) is 11.5 Å². The molecule has 0 radical (unpaired) electrons. The summed E-state index contributed by atoms with van der Waals surface area (Å²) in [6, 6.07) is 8.42. The van der Waals surface area contributed by atoms with Crippen molar-refractivity contribution in [2.45, 2.75) is 32.6 Å². The maximum atomic E-state index is 9.97. The van der Waals surface area contributed by atoms with Gasteiger partial charge in [-0.2, -0.15) is 0 Å². The standard InChI is InChI=1S/C18H19Cl2NO2/c1-3-4-11(2)12-5-6-17(22)16(8-12)21-10-13-7-14(19)9-15(20)18(13)23/h5-11,22-23H,3-4H2,1-2H3/t11-/m1/s1. The minimum Gasteiger partial charge on any atom is -0.506 e. The fourth-order valence-electron chi connectivity index (χ4n) is 2.37. The van der Waals surface area contributed by atoms with Crippen molar-refractivity contribution < 1.29 is 10.2 Å². The quantitative estimate of drug-likeness (QED) is 0.643. The van der Waals surface area contributed by atoms with Gasteiger partial charge in [-0.1, -0.05) is 49.5 Å². The Kier molecular flexibility index (Phi) is 5.91. The highest BCUT2D eigenvalue weighted by Crippen LogP contribution is 2.33. The molecule has 0 fully saturated rings. The zero-order valence-corrected chi connectivity index (χ0v) is 14.6. The van der Waals surface area contributed by atoms with Crippen molar-refractivity contribution in [2.75, 3.05) is 0 Å². The van der Waals surface area contributed by atoms with E-state index in [2.05, 4.69) is 18.8 Å². The first-order chi connectivity index (χ1) is 10.9. The van der Waals surface area contributed by atoms with Gasteiger partial charge in [-0.25, -0.2) is 0 Å². The summed E-state index contributed by atoms with van der Waals surface area (Å²) in [5.74, 6) is 0.389. The lowest BCUT2D eigenvalue weighted by Gasteiger charge is -2.11. The van der Waals surface area contributed by atoms with Crippen LogP contribution < -0.4 is 0 Å². The Morgan fingerprint density at radius 3 is 2.61 bits per heavy atom. The van der Waals surface area contributed by atoms with E-state index in [1.165, 1.54) is 12.3 Å². The molecule has 0 aliphatic rings. The molecule has 3 nitrogen and oxygen atoms in total. The van der Waals surface area contributed by atoms with Crippen molar-refractivity contribution in [3.8, 4) is 11.5 Å². The smallest absolute Gasteiger partial charge is 0.143 e. The Morgan fingerprint density at radius 2 is 1.91 bits per heavy atom. The normalized spacial score (nSPS) is 12.7. The summed E-state index contributed by atoms with van der Waals surface area (Å²) >= 11 is 11.8. The monoisotopic (exact) mass is 351 g/mol. The second-order valence-corrected chi connectivity index (χ2v) is 6.37. The highest BCUT2D eigenvalue weighted by atomic mass is 35.5. The number of hydrogen-bond donors (Lipinski definition) is 2. The van der Waals surface area contributed by atoms with Crippen LogP contribution >= 0.6 is 23.2 Å². The molecule has 0 unspecified atom stereocenters. The minimum atomic E-state index is -0.0881. The van der Waals surface area contributed by atoms with Gasteiger partial charge in [-0.15, -0.1) is 0 Å². The van der Waals surface area contributed by atoms with Gasteiger partial charge in [0.1, 0.15) is 17.2 Å². The molecule has 2 aromatic rings. The maximum Gasteiger partial charge on any atom is 0.143 e. The fourth-order valence-corrected chi connectivity index (χ4v) is 2.88. The number of phenols is 2. The van der Waals surface area contributed by atoms with Gasteiger partial charge in [0, 0.05) is 16.8 Å². The summed E-state index contributed by atoms with van der Waals surface area (Å²) in [5.41, 5.74) is 1.96. The Bertz CT molecular complexity index is 729. The lowest BCUT2D eigenvalue weighted by Crippen LogP contribution is -1.92. The van der Waals surface area contributed by atoms with Crippen molar-refractivity contribution in [1.29, 1.82) is 0 Å². The molecule has 0 aromatic heterocycles. The van der Waals surface area contributed by atoms with E-state index in [1.807, 2.05) is 12.1 Å². The largest absolute Gasteiger partial charge is 0.506 e. The average Bonchev–Trinajstić information content (AvgIpc) is 2.51. The lowest BCUT2D eigenvalue weighted by molar-refractivity contribution is 0.474. The summed E-state index contributed by atoms with van der Waals surface area (Å²) in [6.45, 7) is 4.29. The first-order valence-corrected chi connectivity index (χ1v) is 8.23. The first-order valence-electron chi connectivity index (χ1n) is 7.47. The Balaban J connectivity index is 2.34. The van der Waals surface area contributed by atoms with Gasteiger partial charge in [-0.05, 0) is 42.2 Å². The van der Waals surface area contributed by atoms with Gasteiger partial charge in [-0.3, -0.25) is 4.99 Å². The van der Waals surface area contributed by atoms with E-state index in [1.54, 1.807) is 12.1 Å². The molecule has 0 bridgehead atoms. The first kappa shape index (κ1) is 17.6. The summed E-state index contributed by atoms with van der Waals surface area (Å²) < 4.78 is 0. The van der Waals surface area contributed by atoms with Crippen molar-refractivity contribution in [3.05, 3.63) is 51.5 Å². The number of rotatable bonds is 5. The van der Waals surface area contributed by atoms with Crippen LogP contribution in [0, 0.1) is 0 Å². The van der Waals surface area contributed by atoms with E-state index in [4.69, 9.17) is 23.2 Å². The number of hydrogen-bond acceptors (Lipinski definition) is 3. The van der Waals surface area contributed by atoms with Gasteiger partial charge >= 0.3 is 0 Å². The van der Waals surface area contributed by atoms with Crippen molar-refractivity contribution in [1.82, 2.24) is 0 Å². The van der Waals surface area contributed by atoms with Crippen molar-refractivity contribution in [2.24, 2.45) is 4.99 Å². The van der Waals surface area contributed by atoms with Gasteiger partial charge in [0.05, 0.1) is 5.02 Å². The van der Waals surface area contributed by atoms with E-state index in [0.29, 0.717) is 22.2 Å². The minimum absolute atomic E-state index is 0.0845. The molecule has 2 N–H and O–H groups in total. The van der Waals surface area contributed by atoms with Crippen LogP contribution in [0.2, 0.25) is 10.0 Å². The van der Waals surface area contributed by atoms with Crippen LogP contribution in [0.25, 0.3) is 0 Å². The van der Waals surface area contributed by atoms with E-state index in [9.17, 15) is 10.2 Å². The Hall–Kier alpha value is -1.71. The summed E-state index contributed by atoms with van der Waals surface area (Å²) in [4.78, 5) is 4.27. The highest BCUT2D eigenvalue weighted by Gasteiger charge is 2.09. The third-order valence-corrected chi connectivity index (χ3v) is 4.20. The number of halogens is 2. The summed E-state index contributed by atoms with van der Waals surface area (Å²) in [6.07, 6.45) is 3.60. The Morgan fingerprint density at radius 1 is 1.17 bits per heavy atom. The van der Waals surface area contributed by atoms with E-state index in [0.717, 1.165) is 18.4 Å². The van der Waals surface area contributed by atoms with Crippen LogP contribution in [-0.2, 0) is 0 Å². The molecule has 1 atom stereocenters. The van der Waals surface area contributed by atoms with Gasteiger partial charge in [0.15, 0.2) is 0 Å². The number of aliphatic imine (C=N–C) groups is 1. The molecule has 0 amide bonds. The molecular formula is C18H19Cl2NO2. The van der Waals surface area contributed by atoms with E-state index >= 15 is 0 Å². The molecule has 0 saturated carbocycles. The molecule has 0 heterocycles. The highest BCUT2D eigenvalue weighted by molar-refractivity contribution is 6.36. The zero-order chi connectivity index (χ0) is 17.0. The van der Waals surface area contributed by atoms with Crippen LogP contribution in [0.15, 0.2) is 35.3 Å². The number of nitrogens with zero attached hydrogens (tertiary/aromatic N) is 1. The molecule has 0 saturated heterocycles. The van der Waals surface area contributed by atoms with Crippen molar-refractivity contribution >= 4 is 35.1 Å². The van der Waals surface area contributed by atoms with Crippen LogP contribution in [0.4, 0.5) is 5.69 Å². The lowest BCUT2D eigenvalue weighted by atomic mass is 9.96. The predicted molar refractivity (Wildman–Crippen MR) is 96.8 cm³/mol. The van der Waals surface area contributed by atoms with Crippen molar-refractivity contribution in [3.63, 3.8) is 0 Å². The Labute approximate surface area is 146 Å². The maximum absolute atomic E-state index is 9.97. The van der Waals surface area contributed by atoms with Gasteiger partial charge < -0.3 is 10.2 Å². The third-order valence-electron chi connectivity index (χ3n) is 3.69. The number of benzene rings is 2. The predicted octanol–water partition coefficient (Wildman–Crippen LogP) is 6.06. The average molecular weight is 352 g/mol. The zero-order valence-electron chi connectivity index (χ0n) is 13.1. The fraction of sp³-hybridized carbons (Fsp3) is 0.278. The molecule has 0 aliphatic carbocycles. The third kappa shape index (κ3) is 4.40. The number of aromatic hydroxyl groups is 2. The van der Waals surface area contributed by atoms with Crippen LogP contribution in [-0.4, -0.2) is 16.4 Å². The molecule has 0 spiro atoms. The van der Waals surface area contributed by atoms with E-state index in [-0.39, 0.29) is 16.5 Å². The molecule has 122 valence electrons. The van der Waals surface area contributed by atoms with Crippen LogP contribution in [0.1, 0.15) is 43.7 Å². The topological polar surface area (TPSA) is 52.8 Å². The SMILES string of the molecule is CCC[C@@H](C)c1ccc(O)c(N=Cc2cc(Cl)cc(Cl)c2O)c1. The number of phenolic OH excluding ortho intramolecular Hbond substituents is 2. The molecule has 5 heteroatoms. The second kappa shape index (κ2) is 7.71.